The third kappa shape index (κ3) is 18.1. The van der Waals surface area contributed by atoms with E-state index < -0.39 is 169 Å². The number of ether oxygens (including phenoxy) is 10. The second-order valence-corrected chi connectivity index (χ2v) is 26.4. The number of halogens is 1. The van der Waals surface area contributed by atoms with Gasteiger partial charge in [0, 0.05) is 108 Å². The van der Waals surface area contributed by atoms with E-state index >= 15 is 0 Å². The summed E-state index contributed by atoms with van der Waals surface area (Å²) in [4.78, 5) is 54.3. The summed E-state index contributed by atoms with van der Waals surface area (Å²) in [5.74, 6) is -10.7. The highest BCUT2D eigenvalue weighted by atomic mass is 35.5. The second kappa shape index (κ2) is 29.0. The molecule has 7 aliphatic heterocycles. The Balaban J connectivity index is 1.22. The summed E-state index contributed by atoms with van der Waals surface area (Å²) in [6.07, 6.45) is -8.69. The molecule has 24 atom stereocenters. The number of aliphatic hydroxyl groups is 7. The van der Waals surface area contributed by atoms with Gasteiger partial charge in [-0.1, -0.05) is 88.4 Å². The summed E-state index contributed by atoms with van der Waals surface area (Å²) in [6, 6.07) is 0. The predicted molar refractivity (Wildman–Crippen MR) is 308 cm³/mol. The summed E-state index contributed by atoms with van der Waals surface area (Å²) in [6.45, 7) is 23.1. The highest BCUT2D eigenvalue weighted by Gasteiger charge is 2.58. The van der Waals surface area contributed by atoms with E-state index in [2.05, 4.69) is 19.7 Å². The number of carbonyl (C=O) groups excluding carboxylic acids is 4. The van der Waals surface area contributed by atoms with Crippen molar-refractivity contribution in [3.8, 4) is 0 Å². The molecule has 0 saturated carbocycles. The molecular formula is C63H95ClO21. The van der Waals surface area contributed by atoms with Gasteiger partial charge in [-0.2, -0.15) is 0 Å². The van der Waals surface area contributed by atoms with E-state index in [1.54, 1.807) is 41.7 Å². The van der Waals surface area contributed by atoms with Crippen molar-refractivity contribution in [1.82, 2.24) is 0 Å². The van der Waals surface area contributed by atoms with Crippen LogP contribution in [0.2, 0.25) is 0 Å². The minimum Gasteiger partial charge on any atom is -0.462 e. The molecule has 0 aromatic rings. The van der Waals surface area contributed by atoms with Gasteiger partial charge in [0.25, 0.3) is 0 Å². The molecule has 480 valence electrons. The van der Waals surface area contributed by atoms with E-state index in [0.29, 0.717) is 43.3 Å². The van der Waals surface area contributed by atoms with E-state index in [-0.39, 0.29) is 81.1 Å². The zero-order valence-electron chi connectivity index (χ0n) is 50.7. The van der Waals surface area contributed by atoms with Gasteiger partial charge in [0.05, 0.1) is 85.1 Å². The number of fused-ring (bicyclic) bond motifs is 8. The van der Waals surface area contributed by atoms with Crippen LogP contribution in [0.25, 0.3) is 0 Å². The first-order chi connectivity index (χ1) is 39.8. The number of aliphatic hydroxyl groups excluding tert-OH is 5. The minimum atomic E-state index is -2.40. The quantitative estimate of drug-likeness (QED) is 0.0611. The molecule has 85 heavy (non-hydrogen) atoms. The van der Waals surface area contributed by atoms with Crippen molar-refractivity contribution < 1.29 is 102 Å². The van der Waals surface area contributed by atoms with Crippen molar-refractivity contribution in [1.29, 1.82) is 0 Å². The number of hydrogen-bond donors (Lipinski definition) is 7. The van der Waals surface area contributed by atoms with Crippen molar-refractivity contribution in [3.63, 3.8) is 0 Å². The maximum atomic E-state index is 14.5. The number of Topliss-reactive ketones (excluding diaryl/α,β-unsaturated/α-hetero) is 1. The Labute approximate surface area is 505 Å². The van der Waals surface area contributed by atoms with Crippen LogP contribution in [0.5, 0.6) is 0 Å². The molecule has 6 fully saturated rings. The average Bonchev–Trinajstić information content (AvgIpc) is 1.35. The number of ketones is 1. The molecule has 0 radical (unpaired) electrons. The van der Waals surface area contributed by atoms with Crippen LogP contribution in [0, 0.1) is 23.7 Å². The summed E-state index contributed by atoms with van der Waals surface area (Å²) >= 11 is 5.89. The van der Waals surface area contributed by atoms with Crippen molar-refractivity contribution >= 4 is 35.3 Å². The molecule has 6 saturated heterocycles. The number of carbonyl (C=O) groups is 4. The Morgan fingerprint density at radius 3 is 2.15 bits per heavy atom. The molecule has 21 nitrogen and oxygen atoms in total. The van der Waals surface area contributed by atoms with Gasteiger partial charge in [0.2, 0.25) is 0 Å². The second-order valence-electron chi connectivity index (χ2n) is 25.9. The van der Waals surface area contributed by atoms with Gasteiger partial charge in [0.15, 0.2) is 17.4 Å². The molecule has 7 rings (SSSR count). The fourth-order valence-electron chi connectivity index (χ4n) is 14.1. The molecule has 22 heteroatoms. The molecule has 0 aromatic carbocycles. The van der Waals surface area contributed by atoms with Gasteiger partial charge in [-0.25, -0.2) is 0 Å². The van der Waals surface area contributed by atoms with E-state index in [0.717, 1.165) is 0 Å². The van der Waals surface area contributed by atoms with Crippen LogP contribution in [0.3, 0.4) is 0 Å². The van der Waals surface area contributed by atoms with Crippen molar-refractivity contribution in [2.24, 2.45) is 23.7 Å². The topological polar surface area (TPSA) is 302 Å². The van der Waals surface area contributed by atoms with Crippen LogP contribution < -0.4 is 0 Å². The lowest BCUT2D eigenvalue weighted by molar-refractivity contribution is -0.351. The number of methoxy groups -OCH3 is 1. The molecule has 0 aromatic heterocycles. The van der Waals surface area contributed by atoms with E-state index in [1.807, 2.05) is 12.2 Å². The van der Waals surface area contributed by atoms with Gasteiger partial charge in [-0.05, 0) is 51.5 Å². The lowest BCUT2D eigenvalue weighted by atomic mass is 9.78. The number of allylic oxidation sites excluding steroid dienone is 3. The fraction of sp³-hybridized carbons (Fsp3) is 0.778. The van der Waals surface area contributed by atoms with E-state index in [4.69, 9.17) is 59.0 Å². The van der Waals surface area contributed by atoms with Crippen LogP contribution >= 0.6 is 11.6 Å². The Hall–Kier alpha value is -3.49. The van der Waals surface area contributed by atoms with Crippen molar-refractivity contribution in [3.05, 3.63) is 60.2 Å². The van der Waals surface area contributed by atoms with Crippen molar-refractivity contribution in [2.75, 3.05) is 7.11 Å². The third-order valence-corrected chi connectivity index (χ3v) is 18.4. The first-order valence-corrected chi connectivity index (χ1v) is 30.7. The molecule has 0 aliphatic carbocycles. The third-order valence-electron chi connectivity index (χ3n) is 18.3. The summed E-state index contributed by atoms with van der Waals surface area (Å²) in [5, 5.41) is 82.6. The zero-order valence-corrected chi connectivity index (χ0v) is 51.5. The SMILES string of the molecule is C=C(Cl)/C=C/[C@@H](O)CC(=C)C[C@H]1O[C@@H]2[C@H](C)[C@@H](OC(=O)C[C@@H]3C[C@H](OC(C)=O)C[C@@]4(C[C@@](C)(O)C[C@H](CC(=C)[C@@H](C)[C@H](OC(C)=O)[C@H](C)C(=O)C[C@@H]5C[C@H](OC)C[C@@]6(C[C@@H](O)C[C@H](/C=C\CCC[C@H]7O[C@](O)(C[C@H](O)[C@H]7C)[C@H]2O)O6)O5)O4)O3)[C@@H]1O. The van der Waals surface area contributed by atoms with E-state index in [1.165, 1.54) is 26.0 Å². The highest BCUT2D eigenvalue weighted by molar-refractivity contribution is 6.30. The largest absolute Gasteiger partial charge is 0.462 e. The first kappa shape index (κ1) is 69.0. The maximum absolute atomic E-state index is 14.5. The zero-order chi connectivity index (χ0) is 62.5. The lowest BCUT2D eigenvalue weighted by Gasteiger charge is -2.52. The standard InChI is InChI=1S/C63H95ClO21/c1-33(19-42(67)18-17-35(3)64)20-53-55(72)57-39(7)58(79-53)59(73)63(75)31-51(70)37(5)52(85-63)16-14-12-13-15-44-22-43(68)27-61(81-44)29-47(76-11)23-45(82-61)25-50(69)38(6)56(78-41(9)66)36(4)34(2)21-49-28-60(10,74)32-62(84-49)30-48(77-40(8)65)24-46(83-62)26-54(71)80-57/h13,15,17-18,36-39,42-49,51-53,55-59,67-68,70,72-75H,1-3,12,14,16,19-32H2,4-11H3/b15-13-,18-17+/t36-,37-,38-,39-,42-,43+,44+,45+,46+,47+,48+,49+,51+,52-,53-,55-,56+,57-,58-,59+,60+,61-,62-,63-/m1/s1. The Morgan fingerprint density at radius 1 is 0.812 bits per heavy atom. The van der Waals surface area contributed by atoms with E-state index in [9.17, 15) is 54.9 Å². The Morgan fingerprint density at radius 2 is 1.47 bits per heavy atom. The average molecular weight is 1220 g/mol. The van der Waals surface area contributed by atoms with Crippen LogP contribution in [-0.4, -0.2) is 187 Å². The van der Waals surface area contributed by atoms with Gasteiger partial charge in [-0.3, -0.25) is 19.2 Å². The van der Waals surface area contributed by atoms with Gasteiger partial charge in [-0.15, -0.1) is 0 Å². The molecule has 0 unspecified atom stereocenters. The fourth-order valence-corrected chi connectivity index (χ4v) is 14.2. The molecule has 0 amide bonds. The van der Waals surface area contributed by atoms with Crippen LogP contribution in [0.4, 0.5) is 0 Å². The predicted octanol–water partition coefficient (Wildman–Crippen LogP) is 5.91. The smallest absolute Gasteiger partial charge is 0.308 e. The molecule has 7 N–H and O–H groups in total. The summed E-state index contributed by atoms with van der Waals surface area (Å²) in [5.41, 5.74) is -0.508. The Kier molecular flexibility index (Phi) is 23.5. The van der Waals surface area contributed by atoms with Gasteiger partial charge in [0.1, 0.15) is 36.3 Å². The maximum Gasteiger partial charge on any atom is 0.308 e. The molecule has 7 aliphatic rings. The van der Waals surface area contributed by atoms with Crippen LogP contribution in [0.15, 0.2) is 60.2 Å². The van der Waals surface area contributed by atoms with Crippen LogP contribution in [-0.2, 0) is 66.5 Å². The summed E-state index contributed by atoms with van der Waals surface area (Å²) in [7, 11) is 1.57. The monoisotopic (exact) mass is 1220 g/mol. The summed E-state index contributed by atoms with van der Waals surface area (Å²) < 4.78 is 63.4. The lowest BCUT2D eigenvalue weighted by Crippen LogP contribution is -2.65. The highest BCUT2D eigenvalue weighted by Crippen LogP contribution is 2.48. The normalized spacial score (nSPS) is 44.5. The number of esters is 3. The Bertz CT molecular complexity index is 2430. The molecule has 10 bridgehead atoms. The van der Waals surface area contributed by atoms with Gasteiger partial charge >= 0.3 is 17.9 Å². The van der Waals surface area contributed by atoms with Gasteiger partial charge < -0.3 is 83.1 Å². The molecule has 2 spiro atoms. The number of hydrogen-bond acceptors (Lipinski definition) is 21. The molecule has 7 heterocycles. The van der Waals surface area contributed by atoms with Crippen LogP contribution in [0.1, 0.15) is 158 Å². The number of rotatable bonds is 9. The molecular weight excluding hydrogens is 1130 g/mol. The first-order valence-electron chi connectivity index (χ1n) is 30.3. The minimum absolute atomic E-state index is 0.00321. The van der Waals surface area contributed by atoms with Crippen molar-refractivity contribution in [2.45, 2.75) is 278 Å².